The van der Waals surface area contributed by atoms with Gasteiger partial charge in [-0.3, -0.25) is 0 Å². The summed E-state index contributed by atoms with van der Waals surface area (Å²) in [5.74, 6) is 0.795. The summed E-state index contributed by atoms with van der Waals surface area (Å²) in [4.78, 5) is 13.1. The van der Waals surface area contributed by atoms with Crippen LogP contribution in [0, 0.1) is 6.92 Å². The molecule has 2 N–H and O–H groups in total. The van der Waals surface area contributed by atoms with E-state index in [1.807, 2.05) is 25.1 Å². The summed E-state index contributed by atoms with van der Waals surface area (Å²) in [6, 6.07) is 5.62. The molecule has 5 nitrogen and oxygen atoms in total. The van der Waals surface area contributed by atoms with E-state index in [0.29, 0.717) is 19.7 Å². The molecule has 2 amide bonds. The van der Waals surface area contributed by atoms with Gasteiger partial charge in [0.25, 0.3) is 0 Å². The van der Waals surface area contributed by atoms with E-state index in [1.165, 1.54) is 0 Å². The summed E-state index contributed by atoms with van der Waals surface area (Å²) in [5.41, 5.74) is 1.87. The van der Waals surface area contributed by atoms with Crippen molar-refractivity contribution >= 4 is 6.03 Å². The summed E-state index contributed by atoms with van der Waals surface area (Å²) in [6.45, 7) is 6.19. The zero-order chi connectivity index (χ0) is 13.8. The Morgan fingerprint density at radius 2 is 2.32 bits per heavy atom. The molecule has 1 aliphatic rings. The zero-order valence-electron chi connectivity index (χ0n) is 11.3. The third-order valence-corrected chi connectivity index (χ3v) is 3.25. The fourth-order valence-corrected chi connectivity index (χ4v) is 2.08. The fourth-order valence-electron chi connectivity index (χ4n) is 2.08. The Kier molecular flexibility index (Phi) is 4.27. The highest BCUT2D eigenvalue weighted by Crippen LogP contribution is 2.22. The summed E-state index contributed by atoms with van der Waals surface area (Å²) < 4.78 is 5.68. The van der Waals surface area contributed by atoms with Gasteiger partial charge in [-0.25, -0.2) is 4.79 Å². The van der Waals surface area contributed by atoms with Crippen molar-refractivity contribution in [1.29, 1.82) is 0 Å². The number of aryl methyl sites for hydroxylation is 1. The van der Waals surface area contributed by atoms with Gasteiger partial charge in [0.15, 0.2) is 0 Å². The molecular formula is C14H20N2O3. The van der Waals surface area contributed by atoms with Gasteiger partial charge in [-0.1, -0.05) is 6.07 Å². The molecule has 1 heterocycles. The molecule has 19 heavy (non-hydrogen) atoms. The number of benzene rings is 1. The molecule has 1 aromatic rings. The average Bonchev–Trinajstić information content (AvgIpc) is 2.77. The van der Waals surface area contributed by atoms with Crippen LogP contribution in [0.3, 0.4) is 0 Å². The molecule has 0 aromatic heterocycles. The van der Waals surface area contributed by atoms with Crippen LogP contribution in [-0.4, -0.2) is 42.3 Å². The number of carbonyl (C=O) groups excluding carboxylic acids is 1. The van der Waals surface area contributed by atoms with Gasteiger partial charge in [-0.2, -0.15) is 0 Å². The minimum Gasteiger partial charge on any atom is -0.491 e. The van der Waals surface area contributed by atoms with Crippen LogP contribution >= 0.6 is 0 Å². The Balaban J connectivity index is 1.87. The van der Waals surface area contributed by atoms with Crippen molar-refractivity contribution in [3.05, 3.63) is 29.3 Å². The number of nitrogens with zero attached hydrogens (tertiary/aromatic N) is 1. The van der Waals surface area contributed by atoms with Gasteiger partial charge in [0.1, 0.15) is 12.4 Å². The Hall–Kier alpha value is -1.75. The number of carbonyl (C=O) groups is 1. The van der Waals surface area contributed by atoms with Gasteiger partial charge in [0.2, 0.25) is 0 Å². The van der Waals surface area contributed by atoms with Crippen LogP contribution in [0.1, 0.15) is 24.2 Å². The first-order chi connectivity index (χ1) is 9.08. The highest BCUT2D eigenvalue weighted by atomic mass is 16.5. The highest BCUT2D eigenvalue weighted by molar-refractivity contribution is 5.76. The first-order valence-electron chi connectivity index (χ1n) is 6.52. The third kappa shape index (κ3) is 3.38. The second kappa shape index (κ2) is 5.93. The molecule has 1 atom stereocenters. The van der Waals surface area contributed by atoms with E-state index in [-0.39, 0.29) is 6.03 Å². The zero-order valence-corrected chi connectivity index (χ0v) is 11.3. The van der Waals surface area contributed by atoms with Gasteiger partial charge >= 0.3 is 6.03 Å². The Bertz CT molecular complexity index is 460. The summed E-state index contributed by atoms with van der Waals surface area (Å²) >= 11 is 0. The molecule has 1 aliphatic heterocycles. The van der Waals surface area contributed by atoms with Crippen molar-refractivity contribution < 1.29 is 14.6 Å². The topological polar surface area (TPSA) is 61.8 Å². The maximum atomic E-state index is 11.3. The monoisotopic (exact) mass is 264 g/mol. The molecule has 0 unspecified atom stereocenters. The van der Waals surface area contributed by atoms with Crippen molar-refractivity contribution in [2.24, 2.45) is 0 Å². The molecule has 1 aromatic carbocycles. The molecule has 0 saturated carbocycles. The lowest BCUT2D eigenvalue weighted by Crippen LogP contribution is -2.31. The standard InChI is InChI=1S/C14H20N2O3/c1-10-9-12(11(2)17)3-4-13(10)19-8-7-16-6-5-15-14(16)18/h3-4,9,11,17H,5-8H2,1-2H3,(H,15,18)/t11-/m0/s1. The van der Waals surface area contributed by atoms with Gasteiger partial charge < -0.3 is 20.1 Å². The maximum Gasteiger partial charge on any atom is 0.317 e. The molecular weight excluding hydrogens is 244 g/mol. The van der Waals surface area contributed by atoms with E-state index in [1.54, 1.807) is 11.8 Å². The maximum absolute atomic E-state index is 11.3. The first kappa shape index (κ1) is 13.7. The summed E-state index contributed by atoms with van der Waals surface area (Å²) in [7, 11) is 0. The Morgan fingerprint density at radius 3 is 2.89 bits per heavy atom. The van der Waals surface area contributed by atoms with E-state index in [4.69, 9.17) is 4.74 Å². The third-order valence-electron chi connectivity index (χ3n) is 3.25. The fraction of sp³-hybridized carbons (Fsp3) is 0.500. The lowest BCUT2D eigenvalue weighted by Gasteiger charge is -2.16. The Morgan fingerprint density at radius 1 is 1.53 bits per heavy atom. The van der Waals surface area contributed by atoms with Crippen LogP contribution in [-0.2, 0) is 0 Å². The van der Waals surface area contributed by atoms with E-state index < -0.39 is 6.10 Å². The lowest BCUT2D eigenvalue weighted by molar-refractivity contribution is 0.197. The molecule has 0 aliphatic carbocycles. The minimum atomic E-state index is -0.471. The van der Waals surface area contributed by atoms with E-state index in [0.717, 1.165) is 23.4 Å². The largest absolute Gasteiger partial charge is 0.491 e. The molecule has 104 valence electrons. The van der Waals surface area contributed by atoms with Gasteiger partial charge in [-0.05, 0) is 37.1 Å². The highest BCUT2D eigenvalue weighted by Gasteiger charge is 2.18. The van der Waals surface area contributed by atoms with Gasteiger partial charge in [0, 0.05) is 13.1 Å². The van der Waals surface area contributed by atoms with Crippen LogP contribution in [0.5, 0.6) is 5.75 Å². The van der Waals surface area contributed by atoms with Crippen LogP contribution in [0.15, 0.2) is 18.2 Å². The number of hydrogen-bond acceptors (Lipinski definition) is 3. The van der Waals surface area contributed by atoms with E-state index in [2.05, 4.69) is 5.32 Å². The normalized spacial score (nSPS) is 16.4. The molecule has 0 radical (unpaired) electrons. The van der Waals surface area contributed by atoms with E-state index in [9.17, 15) is 9.90 Å². The SMILES string of the molecule is Cc1cc([C@H](C)O)ccc1OCCN1CCNC1=O. The summed E-state index contributed by atoms with van der Waals surface area (Å²) in [5, 5.41) is 12.2. The lowest BCUT2D eigenvalue weighted by atomic mass is 10.1. The van der Waals surface area contributed by atoms with Crippen LogP contribution in [0.4, 0.5) is 4.79 Å². The molecule has 0 bridgehead atoms. The van der Waals surface area contributed by atoms with Crippen molar-refractivity contribution in [1.82, 2.24) is 10.2 Å². The number of aliphatic hydroxyl groups is 1. The number of urea groups is 1. The van der Waals surface area contributed by atoms with E-state index >= 15 is 0 Å². The number of ether oxygens (including phenoxy) is 1. The number of hydrogen-bond donors (Lipinski definition) is 2. The van der Waals surface area contributed by atoms with Crippen molar-refractivity contribution in [2.75, 3.05) is 26.2 Å². The van der Waals surface area contributed by atoms with Crippen LogP contribution < -0.4 is 10.1 Å². The molecule has 0 spiro atoms. The van der Waals surface area contributed by atoms with Crippen molar-refractivity contribution in [2.45, 2.75) is 20.0 Å². The predicted octanol–water partition coefficient (Wildman–Crippen LogP) is 1.45. The molecule has 2 rings (SSSR count). The predicted molar refractivity (Wildman–Crippen MR) is 72.3 cm³/mol. The average molecular weight is 264 g/mol. The molecule has 5 heteroatoms. The van der Waals surface area contributed by atoms with Gasteiger partial charge in [0.05, 0.1) is 12.6 Å². The van der Waals surface area contributed by atoms with Crippen LogP contribution in [0.25, 0.3) is 0 Å². The van der Waals surface area contributed by atoms with Crippen LogP contribution in [0.2, 0.25) is 0 Å². The first-order valence-corrected chi connectivity index (χ1v) is 6.52. The second-order valence-electron chi connectivity index (χ2n) is 4.77. The number of rotatable bonds is 5. The second-order valence-corrected chi connectivity index (χ2v) is 4.77. The quantitative estimate of drug-likeness (QED) is 0.846. The minimum absolute atomic E-state index is 0.0234. The summed E-state index contributed by atoms with van der Waals surface area (Å²) in [6.07, 6.45) is -0.471. The molecule has 1 fully saturated rings. The molecule has 1 saturated heterocycles. The van der Waals surface area contributed by atoms with Crippen molar-refractivity contribution in [3.63, 3.8) is 0 Å². The number of amides is 2. The number of aliphatic hydroxyl groups excluding tert-OH is 1. The van der Waals surface area contributed by atoms with Gasteiger partial charge in [-0.15, -0.1) is 0 Å². The Labute approximate surface area is 113 Å². The number of nitrogens with one attached hydrogen (secondary N) is 1. The van der Waals surface area contributed by atoms with Crippen molar-refractivity contribution in [3.8, 4) is 5.75 Å². The smallest absolute Gasteiger partial charge is 0.317 e.